The zero-order valence-electron chi connectivity index (χ0n) is 15.2. The quantitative estimate of drug-likeness (QED) is 0.885. The van der Waals surface area contributed by atoms with Crippen LogP contribution in [0.5, 0.6) is 0 Å². The number of benzene rings is 2. The van der Waals surface area contributed by atoms with Crippen molar-refractivity contribution in [2.45, 2.75) is 45.6 Å². The number of likely N-dealkylation sites (tertiary alicyclic amines) is 1. The maximum Gasteiger partial charge on any atom is 0.0677 e. The van der Waals surface area contributed by atoms with Gasteiger partial charge >= 0.3 is 0 Å². The number of rotatable bonds is 3. The van der Waals surface area contributed by atoms with E-state index in [1.165, 1.54) is 40.7 Å². The molecule has 3 nitrogen and oxygen atoms in total. The maximum atomic E-state index is 4.77. The minimum absolute atomic E-state index is 0.0247. The molecule has 2 aromatic carbocycles. The van der Waals surface area contributed by atoms with Crippen molar-refractivity contribution in [2.75, 3.05) is 25.0 Å². The Hall–Kier alpha value is -1.87. The van der Waals surface area contributed by atoms with Crippen LogP contribution in [-0.4, -0.2) is 36.3 Å². The van der Waals surface area contributed by atoms with Crippen LogP contribution in [0.2, 0.25) is 0 Å². The van der Waals surface area contributed by atoms with Crippen LogP contribution in [0.25, 0.3) is 10.8 Å². The number of fused-ring (bicyclic) bond motifs is 3. The average Bonchev–Trinajstić information content (AvgIpc) is 3.10. The van der Waals surface area contributed by atoms with Gasteiger partial charge in [0.15, 0.2) is 0 Å². The average molecular weight is 321 g/mol. The van der Waals surface area contributed by atoms with E-state index in [0.717, 1.165) is 18.8 Å². The van der Waals surface area contributed by atoms with E-state index >= 15 is 0 Å². The van der Waals surface area contributed by atoms with Gasteiger partial charge in [0.25, 0.3) is 0 Å². The lowest BCUT2D eigenvalue weighted by molar-refractivity contribution is 0.356. The molecule has 3 heteroatoms. The fraction of sp³-hybridized carbons (Fsp3) is 0.476. The fourth-order valence-electron chi connectivity index (χ4n) is 4.13. The summed E-state index contributed by atoms with van der Waals surface area (Å²) in [6.07, 6.45) is 1.23. The third kappa shape index (κ3) is 2.42. The lowest BCUT2D eigenvalue weighted by atomic mass is 9.79. The number of nitrogens with one attached hydrogen (secondary N) is 1. The van der Waals surface area contributed by atoms with Crippen LogP contribution in [0, 0.1) is 0 Å². The first-order valence-electron chi connectivity index (χ1n) is 9.11. The minimum atomic E-state index is 0.0247. The molecule has 0 saturated carbocycles. The van der Waals surface area contributed by atoms with Crippen molar-refractivity contribution in [3.8, 4) is 0 Å². The molecular formula is C21H27N3. The number of hydrogen-bond acceptors (Lipinski definition) is 3. The van der Waals surface area contributed by atoms with Crippen molar-refractivity contribution >= 4 is 27.9 Å². The fourth-order valence-corrected chi connectivity index (χ4v) is 4.13. The second-order valence-electron chi connectivity index (χ2n) is 7.74. The highest BCUT2D eigenvalue weighted by molar-refractivity contribution is 6.06. The summed E-state index contributed by atoms with van der Waals surface area (Å²) in [5.74, 6) is 0. The Kier molecular flexibility index (Phi) is 3.65. The van der Waals surface area contributed by atoms with Gasteiger partial charge in [-0.1, -0.05) is 32.9 Å². The zero-order chi connectivity index (χ0) is 16.9. The highest BCUT2D eigenvalue weighted by Crippen LogP contribution is 2.44. The van der Waals surface area contributed by atoms with Crippen molar-refractivity contribution < 1.29 is 0 Å². The van der Waals surface area contributed by atoms with E-state index in [2.05, 4.69) is 68.2 Å². The molecule has 126 valence electrons. The summed E-state index contributed by atoms with van der Waals surface area (Å²) in [5.41, 5.74) is 4.98. The van der Waals surface area contributed by atoms with E-state index in [1.807, 2.05) is 0 Å². The van der Waals surface area contributed by atoms with Gasteiger partial charge in [-0.25, -0.2) is 0 Å². The van der Waals surface area contributed by atoms with Gasteiger partial charge in [0.05, 0.1) is 5.69 Å². The normalized spacial score (nSPS) is 22.7. The van der Waals surface area contributed by atoms with Crippen LogP contribution in [0.3, 0.4) is 0 Å². The SMILES string of the molecule is CCN1CCC(Nc2ccc3c4c(ccc3c2)N=C(C)C4(C)C)C1. The smallest absolute Gasteiger partial charge is 0.0677 e. The van der Waals surface area contributed by atoms with E-state index in [9.17, 15) is 0 Å². The molecule has 0 aliphatic carbocycles. The molecule has 0 spiro atoms. The lowest BCUT2D eigenvalue weighted by Crippen LogP contribution is -2.26. The Labute approximate surface area is 144 Å². The number of nitrogens with zero attached hydrogens (tertiary/aromatic N) is 2. The molecule has 2 aromatic rings. The predicted octanol–water partition coefficient (Wildman–Crippen LogP) is 4.73. The van der Waals surface area contributed by atoms with E-state index in [1.54, 1.807) is 0 Å². The Morgan fingerprint density at radius 2 is 2.08 bits per heavy atom. The van der Waals surface area contributed by atoms with Gasteiger partial charge in [0.2, 0.25) is 0 Å². The highest BCUT2D eigenvalue weighted by atomic mass is 15.2. The summed E-state index contributed by atoms with van der Waals surface area (Å²) in [6.45, 7) is 12.4. The van der Waals surface area contributed by atoms with Gasteiger partial charge < -0.3 is 10.2 Å². The Balaban J connectivity index is 1.66. The molecule has 1 N–H and O–H groups in total. The minimum Gasteiger partial charge on any atom is -0.381 e. The second kappa shape index (κ2) is 5.59. The van der Waals surface area contributed by atoms with Crippen LogP contribution >= 0.6 is 0 Å². The van der Waals surface area contributed by atoms with Crippen molar-refractivity contribution in [3.05, 3.63) is 35.9 Å². The van der Waals surface area contributed by atoms with Crippen molar-refractivity contribution in [1.82, 2.24) is 4.90 Å². The van der Waals surface area contributed by atoms with Crippen LogP contribution in [0.1, 0.15) is 39.7 Å². The summed E-state index contributed by atoms with van der Waals surface area (Å²) in [6, 6.07) is 11.8. The maximum absolute atomic E-state index is 4.77. The first-order valence-corrected chi connectivity index (χ1v) is 9.11. The van der Waals surface area contributed by atoms with Gasteiger partial charge in [0.1, 0.15) is 0 Å². The summed E-state index contributed by atoms with van der Waals surface area (Å²) < 4.78 is 0. The van der Waals surface area contributed by atoms with Crippen molar-refractivity contribution in [2.24, 2.45) is 4.99 Å². The topological polar surface area (TPSA) is 27.6 Å². The molecule has 0 radical (unpaired) electrons. The largest absolute Gasteiger partial charge is 0.381 e. The molecule has 2 aliphatic rings. The molecule has 0 amide bonds. The molecule has 2 aliphatic heterocycles. The van der Waals surface area contributed by atoms with Gasteiger partial charge in [-0.3, -0.25) is 4.99 Å². The molecule has 1 unspecified atom stereocenters. The molecule has 0 aromatic heterocycles. The summed E-state index contributed by atoms with van der Waals surface area (Å²) in [7, 11) is 0. The molecule has 1 fully saturated rings. The van der Waals surface area contributed by atoms with Crippen LogP contribution < -0.4 is 5.32 Å². The summed E-state index contributed by atoms with van der Waals surface area (Å²) in [5, 5.41) is 6.37. The van der Waals surface area contributed by atoms with Gasteiger partial charge in [-0.15, -0.1) is 0 Å². The summed E-state index contributed by atoms with van der Waals surface area (Å²) >= 11 is 0. The monoisotopic (exact) mass is 321 g/mol. The Bertz CT molecular complexity index is 819. The number of likely N-dealkylation sites (N-methyl/N-ethyl adjacent to an activating group) is 1. The molecule has 0 bridgehead atoms. The van der Waals surface area contributed by atoms with Gasteiger partial charge in [0, 0.05) is 35.9 Å². The number of aliphatic imine (C=N–C) groups is 1. The number of anilines is 1. The van der Waals surface area contributed by atoms with E-state index in [-0.39, 0.29) is 5.41 Å². The van der Waals surface area contributed by atoms with Gasteiger partial charge in [-0.2, -0.15) is 0 Å². The molecule has 1 saturated heterocycles. The predicted molar refractivity (Wildman–Crippen MR) is 104 cm³/mol. The molecule has 4 rings (SSSR count). The third-order valence-corrected chi connectivity index (χ3v) is 5.91. The standard InChI is InChI=1S/C21H27N3/c1-5-24-11-10-17(13-24)23-16-7-8-18-15(12-16)6-9-19-20(18)21(3,4)14(2)22-19/h6-9,12,17,23H,5,10-11,13H2,1-4H3. The molecular weight excluding hydrogens is 294 g/mol. The summed E-state index contributed by atoms with van der Waals surface area (Å²) in [4.78, 5) is 7.28. The Morgan fingerprint density at radius 1 is 1.25 bits per heavy atom. The van der Waals surface area contributed by atoms with Crippen LogP contribution in [0.4, 0.5) is 11.4 Å². The zero-order valence-corrected chi connectivity index (χ0v) is 15.2. The van der Waals surface area contributed by atoms with E-state index in [0.29, 0.717) is 6.04 Å². The third-order valence-electron chi connectivity index (χ3n) is 5.91. The molecule has 1 atom stereocenters. The first-order chi connectivity index (χ1) is 11.5. The van der Waals surface area contributed by atoms with Crippen molar-refractivity contribution in [1.29, 1.82) is 0 Å². The molecule has 2 heterocycles. The molecule has 24 heavy (non-hydrogen) atoms. The lowest BCUT2D eigenvalue weighted by Gasteiger charge is -2.22. The van der Waals surface area contributed by atoms with Crippen LogP contribution in [-0.2, 0) is 5.41 Å². The highest BCUT2D eigenvalue weighted by Gasteiger charge is 2.33. The number of hydrogen-bond donors (Lipinski definition) is 1. The Morgan fingerprint density at radius 3 is 2.83 bits per heavy atom. The second-order valence-corrected chi connectivity index (χ2v) is 7.74. The van der Waals surface area contributed by atoms with E-state index < -0.39 is 0 Å². The van der Waals surface area contributed by atoms with E-state index in [4.69, 9.17) is 4.99 Å². The van der Waals surface area contributed by atoms with Gasteiger partial charge in [-0.05, 0) is 54.4 Å². The first kappa shape index (κ1) is 15.6. The van der Waals surface area contributed by atoms with Crippen molar-refractivity contribution in [3.63, 3.8) is 0 Å². The van der Waals surface area contributed by atoms with Crippen LogP contribution in [0.15, 0.2) is 35.3 Å².